The van der Waals surface area contributed by atoms with Crippen molar-refractivity contribution in [3.05, 3.63) is 35.6 Å². The smallest absolute Gasteiger partial charge is 0.232 e. The van der Waals surface area contributed by atoms with Crippen LogP contribution < -0.4 is 0 Å². The van der Waals surface area contributed by atoms with Crippen molar-refractivity contribution >= 4 is 11.8 Å². The third kappa shape index (κ3) is 3.42. The zero-order valence-corrected chi connectivity index (χ0v) is 11.8. The highest BCUT2D eigenvalue weighted by Gasteiger charge is 2.35. The number of likely N-dealkylation sites (tertiary alicyclic amines) is 1. The number of imide groups is 1. The van der Waals surface area contributed by atoms with Gasteiger partial charge in [0, 0.05) is 32.0 Å². The largest absolute Gasteiger partial charge is 0.300 e. The first-order valence-electron chi connectivity index (χ1n) is 6.74. The summed E-state index contributed by atoms with van der Waals surface area (Å²) in [7, 11) is 1.91. The zero-order valence-electron chi connectivity index (χ0n) is 11.8. The molecule has 1 unspecified atom stereocenters. The van der Waals surface area contributed by atoms with E-state index in [1.165, 1.54) is 17.0 Å². The fourth-order valence-electron chi connectivity index (χ4n) is 2.33. The molecular weight excluding hydrogens is 259 g/mol. The van der Waals surface area contributed by atoms with Gasteiger partial charge in [0.1, 0.15) is 5.82 Å². The molecule has 0 radical (unpaired) electrons. The van der Waals surface area contributed by atoms with E-state index in [2.05, 4.69) is 0 Å². The van der Waals surface area contributed by atoms with E-state index in [0.29, 0.717) is 26.1 Å². The second-order valence-corrected chi connectivity index (χ2v) is 5.35. The van der Waals surface area contributed by atoms with Crippen LogP contribution in [0.4, 0.5) is 4.39 Å². The summed E-state index contributed by atoms with van der Waals surface area (Å²) in [6.45, 7) is 3.47. The predicted octanol–water partition coefficient (Wildman–Crippen LogP) is 1.65. The molecule has 1 aromatic carbocycles. The molecule has 0 aliphatic carbocycles. The first kappa shape index (κ1) is 14.7. The van der Waals surface area contributed by atoms with Gasteiger partial charge >= 0.3 is 0 Å². The summed E-state index contributed by atoms with van der Waals surface area (Å²) >= 11 is 0. The van der Waals surface area contributed by atoms with Crippen LogP contribution in [0.5, 0.6) is 0 Å². The van der Waals surface area contributed by atoms with Crippen LogP contribution in [0.15, 0.2) is 24.3 Å². The fourth-order valence-corrected chi connectivity index (χ4v) is 2.33. The highest BCUT2D eigenvalue weighted by molar-refractivity contribution is 6.03. The van der Waals surface area contributed by atoms with Gasteiger partial charge in [-0.3, -0.25) is 14.5 Å². The van der Waals surface area contributed by atoms with Crippen molar-refractivity contribution in [2.24, 2.45) is 5.92 Å². The van der Waals surface area contributed by atoms with Gasteiger partial charge in [0.05, 0.1) is 0 Å². The maximum atomic E-state index is 12.8. The Labute approximate surface area is 118 Å². The Bertz CT molecular complexity index is 501. The van der Waals surface area contributed by atoms with Crippen LogP contribution in [0.25, 0.3) is 0 Å². The number of carbonyl (C=O) groups is 2. The summed E-state index contributed by atoms with van der Waals surface area (Å²) in [6.07, 6.45) is 0.320. The zero-order chi connectivity index (χ0) is 14.7. The van der Waals surface area contributed by atoms with Crippen molar-refractivity contribution in [1.29, 1.82) is 0 Å². The minimum atomic E-state index is -0.251. The Hall–Kier alpha value is -1.75. The molecule has 0 spiro atoms. The average Bonchev–Trinajstić information content (AvgIpc) is 2.64. The SMILES string of the molecule is CC1CC(=O)N(CCN(C)Cc2ccc(F)cc2)C1=O. The van der Waals surface area contributed by atoms with Crippen LogP contribution in [0.1, 0.15) is 18.9 Å². The molecule has 1 aromatic rings. The molecule has 108 valence electrons. The standard InChI is InChI=1S/C15H19FN2O2/c1-11-9-14(19)18(15(11)20)8-7-17(2)10-12-3-5-13(16)6-4-12/h3-6,11H,7-10H2,1-2H3. The number of nitrogens with zero attached hydrogens (tertiary/aromatic N) is 2. The highest BCUT2D eigenvalue weighted by Crippen LogP contribution is 2.18. The van der Waals surface area contributed by atoms with Crippen molar-refractivity contribution < 1.29 is 14.0 Å². The number of amides is 2. The maximum Gasteiger partial charge on any atom is 0.232 e. The third-order valence-electron chi connectivity index (χ3n) is 3.54. The Morgan fingerprint density at radius 1 is 1.30 bits per heavy atom. The number of rotatable bonds is 5. The summed E-state index contributed by atoms with van der Waals surface area (Å²) in [5.74, 6) is -0.605. The van der Waals surface area contributed by atoms with Crippen LogP contribution in [-0.4, -0.2) is 41.8 Å². The number of carbonyl (C=O) groups excluding carboxylic acids is 2. The van der Waals surface area contributed by atoms with Crippen LogP contribution >= 0.6 is 0 Å². The molecule has 1 fully saturated rings. The number of hydrogen-bond acceptors (Lipinski definition) is 3. The molecule has 1 aliphatic heterocycles. The Morgan fingerprint density at radius 2 is 1.95 bits per heavy atom. The minimum Gasteiger partial charge on any atom is -0.300 e. The summed E-state index contributed by atoms with van der Waals surface area (Å²) in [5, 5.41) is 0. The van der Waals surface area contributed by atoms with Crippen molar-refractivity contribution in [2.45, 2.75) is 19.9 Å². The van der Waals surface area contributed by atoms with E-state index in [1.54, 1.807) is 19.1 Å². The van der Waals surface area contributed by atoms with E-state index >= 15 is 0 Å². The monoisotopic (exact) mass is 278 g/mol. The van der Waals surface area contributed by atoms with Gasteiger partial charge in [0.2, 0.25) is 11.8 Å². The third-order valence-corrected chi connectivity index (χ3v) is 3.54. The molecule has 0 saturated carbocycles. The molecule has 2 rings (SSSR count). The summed E-state index contributed by atoms with van der Waals surface area (Å²) in [5.41, 5.74) is 1.00. The average molecular weight is 278 g/mol. The first-order valence-corrected chi connectivity index (χ1v) is 6.74. The number of likely N-dealkylation sites (N-methyl/N-ethyl adjacent to an activating group) is 1. The maximum absolute atomic E-state index is 12.8. The lowest BCUT2D eigenvalue weighted by Crippen LogP contribution is -2.37. The Kier molecular flexibility index (Phi) is 4.49. The fraction of sp³-hybridized carbons (Fsp3) is 0.467. The lowest BCUT2D eigenvalue weighted by atomic mass is 10.1. The van der Waals surface area contributed by atoms with Gasteiger partial charge in [-0.1, -0.05) is 19.1 Å². The van der Waals surface area contributed by atoms with E-state index in [1.807, 2.05) is 11.9 Å². The molecule has 1 aliphatic rings. The molecule has 1 atom stereocenters. The van der Waals surface area contributed by atoms with Gasteiger partial charge < -0.3 is 4.90 Å². The van der Waals surface area contributed by atoms with Gasteiger partial charge in [-0.25, -0.2) is 4.39 Å². The van der Waals surface area contributed by atoms with E-state index in [4.69, 9.17) is 0 Å². The normalized spacial score (nSPS) is 19.2. The lowest BCUT2D eigenvalue weighted by molar-refractivity contribution is -0.139. The first-order chi connectivity index (χ1) is 9.47. The van der Waals surface area contributed by atoms with Gasteiger partial charge in [0.25, 0.3) is 0 Å². The molecule has 5 heteroatoms. The van der Waals surface area contributed by atoms with Crippen molar-refractivity contribution in [3.63, 3.8) is 0 Å². The number of benzene rings is 1. The Morgan fingerprint density at radius 3 is 2.50 bits per heavy atom. The minimum absolute atomic E-state index is 0.0785. The van der Waals surface area contributed by atoms with Crippen molar-refractivity contribution in [3.8, 4) is 0 Å². The van der Waals surface area contributed by atoms with Crippen LogP contribution in [0.2, 0.25) is 0 Å². The molecule has 0 bridgehead atoms. The van der Waals surface area contributed by atoms with Gasteiger partial charge in [-0.15, -0.1) is 0 Å². The predicted molar refractivity (Wildman–Crippen MR) is 73.2 cm³/mol. The molecule has 0 aromatic heterocycles. The van der Waals surface area contributed by atoms with Crippen LogP contribution in [0, 0.1) is 11.7 Å². The molecule has 4 nitrogen and oxygen atoms in total. The molecule has 1 heterocycles. The lowest BCUT2D eigenvalue weighted by Gasteiger charge is -2.21. The van der Waals surface area contributed by atoms with Crippen LogP contribution in [0.3, 0.4) is 0 Å². The summed E-state index contributed by atoms with van der Waals surface area (Å²) in [4.78, 5) is 26.8. The molecule has 1 saturated heterocycles. The van der Waals surface area contributed by atoms with Gasteiger partial charge in [0.15, 0.2) is 0 Å². The Balaban J connectivity index is 1.83. The summed E-state index contributed by atoms with van der Waals surface area (Å²) in [6, 6.07) is 6.33. The molecule has 0 N–H and O–H groups in total. The van der Waals surface area contributed by atoms with Gasteiger partial charge in [-0.05, 0) is 24.7 Å². The topological polar surface area (TPSA) is 40.6 Å². The van der Waals surface area contributed by atoms with Crippen LogP contribution in [-0.2, 0) is 16.1 Å². The van der Waals surface area contributed by atoms with Crippen molar-refractivity contribution in [2.75, 3.05) is 20.1 Å². The van der Waals surface area contributed by atoms with Crippen molar-refractivity contribution in [1.82, 2.24) is 9.80 Å². The van der Waals surface area contributed by atoms with E-state index < -0.39 is 0 Å². The molecule has 2 amide bonds. The number of hydrogen-bond donors (Lipinski definition) is 0. The van der Waals surface area contributed by atoms with Gasteiger partial charge in [-0.2, -0.15) is 0 Å². The molecule has 20 heavy (non-hydrogen) atoms. The number of halogens is 1. The quantitative estimate of drug-likeness (QED) is 0.769. The van der Waals surface area contributed by atoms with E-state index in [-0.39, 0.29) is 23.5 Å². The second kappa shape index (κ2) is 6.13. The highest BCUT2D eigenvalue weighted by atomic mass is 19.1. The second-order valence-electron chi connectivity index (χ2n) is 5.35. The molecular formula is C15H19FN2O2. The van der Waals surface area contributed by atoms with E-state index in [0.717, 1.165) is 5.56 Å². The summed E-state index contributed by atoms with van der Waals surface area (Å²) < 4.78 is 12.8. The van der Waals surface area contributed by atoms with E-state index in [9.17, 15) is 14.0 Å².